The van der Waals surface area contributed by atoms with Gasteiger partial charge in [-0.3, -0.25) is 9.78 Å². The average Bonchev–Trinajstić information content (AvgIpc) is 3.49. The molecule has 0 atom stereocenters. The molecule has 0 radical (unpaired) electrons. The molecule has 0 bridgehead atoms. The highest BCUT2D eigenvalue weighted by atomic mass is 35.5. The molecule has 1 N–H and O–H groups in total. The van der Waals surface area contributed by atoms with Crippen molar-refractivity contribution in [1.29, 1.82) is 0 Å². The minimum absolute atomic E-state index is 0.0903. The molecular weight excluding hydrogens is 454 g/mol. The summed E-state index contributed by atoms with van der Waals surface area (Å²) in [6.45, 7) is -0.0887. The van der Waals surface area contributed by atoms with Crippen LogP contribution in [0.1, 0.15) is 27.3 Å². The molecule has 0 spiro atoms. The van der Waals surface area contributed by atoms with Crippen LogP contribution in [0, 0.1) is 0 Å². The largest absolute Gasteiger partial charge is 0.390 e. The molecule has 0 unspecified atom stereocenters. The van der Waals surface area contributed by atoms with E-state index < -0.39 is 12.4 Å². The second-order valence-electron chi connectivity index (χ2n) is 7.47. The highest BCUT2D eigenvalue weighted by Gasteiger charge is 2.31. The van der Waals surface area contributed by atoms with E-state index >= 15 is 0 Å². The summed E-state index contributed by atoms with van der Waals surface area (Å²) in [7, 11) is 0. The number of nitrogens with zero attached hydrogens (tertiary/aromatic N) is 5. The summed E-state index contributed by atoms with van der Waals surface area (Å²) in [6, 6.07) is 20.3. The van der Waals surface area contributed by atoms with Crippen LogP contribution in [0.5, 0.6) is 0 Å². The normalized spacial score (nSPS) is 11.0. The topological polar surface area (TPSA) is 107 Å². The van der Waals surface area contributed by atoms with E-state index in [1.165, 1.54) is 0 Å². The van der Waals surface area contributed by atoms with Crippen molar-refractivity contribution in [2.75, 3.05) is 0 Å². The summed E-state index contributed by atoms with van der Waals surface area (Å²) >= 11 is 6.35. The SMILES string of the molecule is O=C(c1nnn(Cc2ccccc2)c1-c1cccnc1)c1c(CO)noc1-c1ccccc1Cl. The van der Waals surface area contributed by atoms with Crippen molar-refractivity contribution in [2.24, 2.45) is 0 Å². The van der Waals surface area contributed by atoms with Gasteiger partial charge in [-0.25, -0.2) is 4.68 Å². The third-order valence-corrected chi connectivity index (χ3v) is 5.65. The number of carbonyl (C=O) groups excluding carboxylic acids is 1. The zero-order valence-electron chi connectivity index (χ0n) is 17.8. The summed E-state index contributed by atoms with van der Waals surface area (Å²) in [5.74, 6) is -0.326. The van der Waals surface area contributed by atoms with E-state index in [1.807, 2.05) is 36.4 Å². The third kappa shape index (κ3) is 4.00. The van der Waals surface area contributed by atoms with Gasteiger partial charge in [-0.15, -0.1) is 5.10 Å². The Kier molecular flexibility index (Phi) is 5.99. The van der Waals surface area contributed by atoms with Gasteiger partial charge in [0.1, 0.15) is 11.4 Å². The molecule has 3 heterocycles. The number of halogens is 1. The number of ketones is 1. The molecule has 0 fully saturated rings. The van der Waals surface area contributed by atoms with Gasteiger partial charge in [0.15, 0.2) is 11.5 Å². The van der Waals surface area contributed by atoms with Crippen molar-refractivity contribution in [1.82, 2.24) is 25.1 Å². The molecule has 5 aromatic rings. The molecule has 0 saturated heterocycles. The van der Waals surface area contributed by atoms with Gasteiger partial charge in [-0.2, -0.15) is 0 Å². The van der Waals surface area contributed by atoms with Crippen LogP contribution in [-0.2, 0) is 13.2 Å². The Morgan fingerprint density at radius 1 is 1.03 bits per heavy atom. The number of hydrogen-bond acceptors (Lipinski definition) is 7. The van der Waals surface area contributed by atoms with E-state index in [2.05, 4.69) is 20.5 Å². The maximum atomic E-state index is 13.9. The second kappa shape index (κ2) is 9.38. The maximum absolute atomic E-state index is 13.9. The van der Waals surface area contributed by atoms with Gasteiger partial charge in [-0.05, 0) is 29.8 Å². The minimum Gasteiger partial charge on any atom is -0.390 e. The molecule has 8 nitrogen and oxygen atoms in total. The first-order chi connectivity index (χ1) is 16.7. The van der Waals surface area contributed by atoms with Crippen LogP contribution in [0.3, 0.4) is 0 Å². The van der Waals surface area contributed by atoms with Gasteiger partial charge in [-0.1, -0.05) is 64.4 Å². The van der Waals surface area contributed by atoms with Crippen LogP contribution in [0.4, 0.5) is 0 Å². The molecule has 34 heavy (non-hydrogen) atoms. The van der Waals surface area contributed by atoms with Crippen LogP contribution in [0.2, 0.25) is 5.02 Å². The number of rotatable bonds is 7. The monoisotopic (exact) mass is 471 g/mol. The lowest BCUT2D eigenvalue weighted by Crippen LogP contribution is -2.10. The van der Waals surface area contributed by atoms with Gasteiger partial charge in [0.25, 0.3) is 0 Å². The van der Waals surface area contributed by atoms with Crippen molar-refractivity contribution >= 4 is 17.4 Å². The van der Waals surface area contributed by atoms with Crippen molar-refractivity contribution in [2.45, 2.75) is 13.2 Å². The van der Waals surface area contributed by atoms with Gasteiger partial charge >= 0.3 is 0 Å². The zero-order valence-corrected chi connectivity index (χ0v) is 18.6. The number of aliphatic hydroxyl groups excluding tert-OH is 1. The summed E-state index contributed by atoms with van der Waals surface area (Å²) in [5, 5.41) is 22.7. The van der Waals surface area contributed by atoms with E-state index in [-0.39, 0.29) is 22.7 Å². The van der Waals surface area contributed by atoms with E-state index in [0.717, 1.165) is 5.56 Å². The summed E-state index contributed by atoms with van der Waals surface area (Å²) in [4.78, 5) is 18.1. The number of aromatic nitrogens is 5. The number of carbonyl (C=O) groups is 1. The Hall–Kier alpha value is -4.14. The summed E-state index contributed by atoms with van der Waals surface area (Å²) < 4.78 is 7.12. The standard InChI is InChI=1S/C25H18ClN5O3/c26-19-11-5-4-10-18(19)25-21(20(15-32)29-34-25)24(33)22-23(17-9-6-12-27-13-17)31(30-28-22)14-16-7-2-1-3-8-16/h1-13,32H,14-15H2. The lowest BCUT2D eigenvalue weighted by molar-refractivity contribution is 0.103. The van der Waals surface area contributed by atoms with Gasteiger partial charge < -0.3 is 9.63 Å². The Bertz CT molecular complexity index is 1450. The minimum atomic E-state index is -0.491. The van der Waals surface area contributed by atoms with E-state index in [1.54, 1.807) is 47.4 Å². The van der Waals surface area contributed by atoms with Crippen LogP contribution >= 0.6 is 11.6 Å². The van der Waals surface area contributed by atoms with Crippen LogP contribution in [-0.4, -0.2) is 36.0 Å². The molecule has 0 aliphatic heterocycles. The first-order valence-corrected chi connectivity index (χ1v) is 10.8. The molecule has 0 amide bonds. The second-order valence-corrected chi connectivity index (χ2v) is 7.88. The first-order valence-electron chi connectivity index (χ1n) is 10.4. The Morgan fingerprint density at radius 2 is 1.82 bits per heavy atom. The smallest absolute Gasteiger partial charge is 0.221 e. The lowest BCUT2D eigenvalue weighted by Gasteiger charge is -2.09. The highest BCUT2D eigenvalue weighted by Crippen LogP contribution is 2.34. The molecule has 5 rings (SSSR count). The molecule has 0 aliphatic carbocycles. The lowest BCUT2D eigenvalue weighted by atomic mass is 9.99. The quantitative estimate of drug-likeness (QED) is 0.350. The van der Waals surface area contributed by atoms with Crippen molar-refractivity contribution in [3.05, 3.63) is 107 Å². The average molecular weight is 472 g/mol. The molecule has 2 aromatic carbocycles. The van der Waals surface area contributed by atoms with Crippen LogP contribution in [0.25, 0.3) is 22.6 Å². The van der Waals surface area contributed by atoms with Crippen molar-refractivity contribution < 1.29 is 14.4 Å². The highest BCUT2D eigenvalue weighted by molar-refractivity contribution is 6.33. The fraction of sp³-hybridized carbons (Fsp3) is 0.0800. The molecule has 9 heteroatoms. The molecular formula is C25H18ClN5O3. The number of benzene rings is 2. The molecule has 0 aliphatic rings. The number of hydrogen-bond donors (Lipinski definition) is 1. The van der Waals surface area contributed by atoms with Crippen molar-refractivity contribution in [3.63, 3.8) is 0 Å². The van der Waals surface area contributed by atoms with Gasteiger partial charge in [0, 0.05) is 23.5 Å². The predicted octanol–water partition coefficient (Wildman–Crippen LogP) is 4.42. The fourth-order valence-electron chi connectivity index (χ4n) is 3.73. The molecule has 168 valence electrons. The Morgan fingerprint density at radius 3 is 2.56 bits per heavy atom. The summed E-state index contributed by atoms with van der Waals surface area (Å²) in [6.07, 6.45) is 3.29. The van der Waals surface area contributed by atoms with Crippen LogP contribution < -0.4 is 0 Å². The van der Waals surface area contributed by atoms with E-state index in [0.29, 0.717) is 28.4 Å². The van der Waals surface area contributed by atoms with Gasteiger partial charge in [0.2, 0.25) is 5.78 Å². The third-order valence-electron chi connectivity index (χ3n) is 5.32. The predicted molar refractivity (Wildman–Crippen MR) is 125 cm³/mol. The maximum Gasteiger partial charge on any atom is 0.221 e. The summed E-state index contributed by atoms with van der Waals surface area (Å²) in [5.41, 5.74) is 2.93. The first kappa shape index (κ1) is 21.7. The van der Waals surface area contributed by atoms with Gasteiger partial charge in [0.05, 0.1) is 23.7 Å². The molecule has 0 saturated carbocycles. The Balaban J connectivity index is 1.66. The van der Waals surface area contributed by atoms with Crippen LogP contribution in [0.15, 0.2) is 83.6 Å². The zero-order chi connectivity index (χ0) is 23.5. The number of aliphatic hydroxyl groups is 1. The van der Waals surface area contributed by atoms with Crippen molar-refractivity contribution in [3.8, 4) is 22.6 Å². The fourth-order valence-corrected chi connectivity index (χ4v) is 3.96. The molecule has 3 aromatic heterocycles. The number of pyridine rings is 1. The van der Waals surface area contributed by atoms with E-state index in [4.69, 9.17) is 16.1 Å². The van der Waals surface area contributed by atoms with E-state index in [9.17, 15) is 9.90 Å². The Labute approximate surface area is 199 Å².